The van der Waals surface area contributed by atoms with E-state index in [1.165, 1.54) is 6.07 Å². The van der Waals surface area contributed by atoms with Crippen molar-refractivity contribution in [1.82, 2.24) is 15.5 Å². The fourth-order valence-corrected chi connectivity index (χ4v) is 3.64. The van der Waals surface area contributed by atoms with E-state index in [1.54, 1.807) is 19.1 Å². The van der Waals surface area contributed by atoms with E-state index in [0.717, 1.165) is 17.7 Å². The van der Waals surface area contributed by atoms with Gasteiger partial charge in [-0.3, -0.25) is 14.5 Å². The fourth-order valence-electron chi connectivity index (χ4n) is 3.04. The average Bonchev–Trinajstić information content (AvgIpc) is 2.76. The van der Waals surface area contributed by atoms with Gasteiger partial charge >= 0.3 is 6.03 Å². The molecular formula is C19H25Cl2N3O3. The molecule has 1 aliphatic heterocycles. The SMILES string of the molecule is CC(C)CCC(C)NC(=O)CN1C(=O)NC(C)(c2ccc(Cl)cc2Cl)C1=O. The van der Waals surface area contributed by atoms with Gasteiger partial charge in [0.05, 0.1) is 0 Å². The topological polar surface area (TPSA) is 78.5 Å². The number of hydrogen-bond acceptors (Lipinski definition) is 3. The van der Waals surface area contributed by atoms with Crippen LogP contribution in [0.25, 0.3) is 0 Å². The van der Waals surface area contributed by atoms with Crippen LogP contribution in [-0.2, 0) is 15.1 Å². The van der Waals surface area contributed by atoms with Crippen LogP contribution in [0.3, 0.4) is 0 Å². The second-order valence-electron chi connectivity index (χ2n) is 7.51. The Labute approximate surface area is 169 Å². The molecule has 6 nitrogen and oxygen atoms in total. The number of nitrogens with zero attached hydrogens (tertiary/aromatic N) is 1. The summed E-state index contributed by atoms with van der Waals surface area (Å²) in [6, 6.07) is 4.05. The Kier molecular flexibility index (Phi) is 6.76. The Bertz CT molecular complexity index is 754. The molecule has 0 radical (unpaired) electrons. The van der Waals surface area contributed by atoms with E-state index in [1.807, 2.05) is 6.92 Å². The molecule has 148 valence electrons. The van der Waals surface area contributed by atoms with Crippen LogP contribution in [0.4, 0.5) is 4.79 Å². The van der Waals surface area contributed by atoms with Crippen LogP contribution in [-0.4, -0.2) is 35.3 Å². The normalized spacial score (nSPS) is 20.8. The van der Waals surface area contributed by atoms with Gasteiger partial charge in [-0.05, 0) is 44.7 Å². The van der Waals surface area contributed by atoms with Gasteiger partial charge in [0.15, 0.2) is 0 Å². The minimum absolute atomic E-state index is 0.0299. The first-order chi connectivity index (χ1) is 12.5. The number of amides is 4. The van der Waals surface area contributed by atoms with E-state index >= 15 is 0 Å². The summed E-state index contributed by atoms with van der Waals surface area (Å²) in [6.07, 6.45) is 1.82. The quantitative estimate of drug-likeness (QED) is 0.668. The highest BCUT2D eigenvalue weighted by Crippen LogP contribution is 2.34. The van der Waals surface area contributed by atoms with E-state index in [9.17, 15) is 14.4 Å². The maximum Gasteiger partial charge on any atom is 0.325 e. The average molecular weight is 414 g/mol. The summed E-state index contributed by atoms with van der Waals surface area (Å²) in [6.45, 7) is 7.36. The molecule has 2 N–H and O–H groups in total. The number of carbonyl (C=O) groups is 3. The second kappa shape index (κ2) is 8.48. The highest BCUT2D eigenvalue weighted by Gasteiger charge is 2.50. The van der Waals surface area contributed by atoms with Crippen LogP contribution >= 0.6 is 23.2 Å². The zero-order valence-corrected chi connectivity index (χ0v) is 17.4. The molecule has 2 rings (SSSR count). The summed E-state index contributed by atoms with van der Waals surface area (Å²) in [5, 5.41) is 6.17. The number of imide groups is 1. The highest BCUT2D eigenvalue weighted by atomic mass is 35.5. The first-order valence-corrected chi connectivity index (χ1v) is 9.69. The smallest absolute Gasteiger partial charge is 0.325 e. The maximum atomic E-state index is 12.9. The number of rotatable bonds is 7. The number of hydrogen-bond donors (Lipinski definition) is 2. The second-order valence-corrected chi connectivity index (χ2v) is 8.35. The van der Waals surface area contributed by atoms with Crippen LogP contribution in [0, 0.1) is 5.92 Å². The van der Waals surface area contributed by atoms with Gasteiger partial charge in [0.25, 0.3) is 5.91 Å². The van der Waals surface area contributed by atoms with Gasteiger partial charge in [-0.25, -0.2) is 4.79 Å². The summed E-state index contributed by atoms with van der Waals surface area (Å²) in [4.78, 5) is 38.4. The lowest BCUT2D eigenvalue weighted by molar-refractivity contribution is -0.135. The van der Waals surface area contributed by atoms with Gasteiger partial charge in [0.1, 0.15) is 12.1 Å². The van der Waals surface area contributed by atoms with Crippen LogP contribution in [0.1, 0.15) is 46.1 Å². The number of carbonyl (C=O) groups excluding carboxylic acids is 3. The van der Waals surface area contributed by atoms with Crippen molar-refractivity contribution in [1.29, 1.82) is 0 Å². The van der Waals surface area contributed by atoms with E-state index in [-0.39, 0.29) is 23.5 Å². The molecular weight excluding hydrogens is 389 g/mol. The Morgan fingerprint density at radius 3 is 2.48 bits per heavy atom. The predicted molar refractivity (Wildman–Crippen MR) is 106 cm³/mol. The minimum Gasteiger partial charge on any atom is -0.352 e. The summed E-state index contributed by atoms with van der Waals surface area (Å²) in [5.74, 6) is -0.358. The van der Waals surface area contributed by atoms with Crippen molar-refractivity contribution in [2.24, 2.45) is 5.92 Å². The van der Waals surface area contributed by atoms with Gasteiger partial charge in [-0.15, -0.1) is 0 Å². The zero-order chi connectivity index (χ0) is 20.4. The Hall–Kier alpha value is -1.79. The largest absolute Gasteiger partial charge is 0.352 e. The summed E-state index contributed by atoms with van der Waals surface area (Å²) < 4.78 is 0. The number of nitrogens with one attached hydrogen (secondary N) is 2. The molecule has 1 aromatic rings. The Morgan fingerprint density at radius 1 is 1.22 bits per heavy atom. The summed E-state index contributed by atoms with van der Waals surface area (Å²) in [7, 11) is 0. The lowest BCUT2D eigenvalue weighted by atomic mass is 9.92. The molecule has 0 saturated carbocycles. The molecule has 2 atom stereocenters. The first kappa shape index (κ1) is 21.5. The Balaban J connectivity index is 2.08. The van der Waals surface area contributed by atoms with Crippen molar-refractivity contribution in [3.05, 3.63) is 33.8 Å². The van der Waals surface area contributed by atoms with E-state index in [0.29, 0.717) is 16.5 Å². The van der Waals surface area contributed by atoms with E-state index in [2.05, 4.69) is 24.5 Å². The predicted octanol–water partition coefficient (Wildman–Crippen LogP) is 3.70. The van der Waals surface area contributed by atoms with Gasteiger partial charge in [-0.2, -0.15) is 0 Å². The molecule has 0 aliphatic carbocycles. The van der Waals surface area contributed by atoms with Crippen molar-refractivity contribution in [2.45, 2.75) is 52.1 Å². The van der Waals surface area contributed by atoms with Crippen LogP contribution in [0.15, 0.2) is 18.2 Å². The molecule has 1 saturated heterocycles. The van der Waals surface area contributed by atoms with Crippen molar-refractivity contribution >= 4 is 41.0 Å². The lowest BCUT2D eigenvalue weighted by Gasteiger charge is -2.23. The standard InChI is InChI=1S/C19H25Cl2N3O3/c1-11(2)5-6-12(3)22-16(25)10-24-17(26)19(4,23-18(24)27)14-8-7-13(20)9-15(14)21/h7-9,11-12H,5-6,10H2,1-4H3,(H,22,25)(H,23,27). The molecule has 1 aliphatic rings. The highest BCUT2D eigenvalue weighted by molar-refractivity contribution is 6.35. The molecule has 0 bridgehead atoms. The van der Waals surface area contributed by atoms with Crippen LogP contribution in [0.5, 0.6) is 0 Å². The monoisotopic (exact) mass is 413 g/mol. The first-order valence-electron chi connectivity index (χ1n) is 8.93. The van der Waals surface area contributed by atoms with Crippen LogP contribution in [0.2, 0.25) is 10.0 Å². The molecule has 1 heterocycles. The molecule has 27 heavy (non-hydrogen) atoms. The minimum atomic E-state index is -1.34. The third-order valence-electron chi connectivity index (χ3n) is 4.63. The lowest BCUT2D eigenvalue weighted by Crippen LogP contribution is -2.45. The third kappa shape index (κ3) is 4.93. The summed E-state index contributed by atoms with van der Waals surface area (Å²) >= 11 is 12.1. The van der Waals surface area contributed by atoms with Crippen molar-refractivity contribution < 1.29 is 14.4 Å². The summed E-state index contributed by atoms with van der Waals surface area (Å²) in [5.41, 5.74) is -0.914. The van der Waals surface area contributed by atoms with Crippen molar-refractivity contribution in [2.75, 3.05) is 6.54 Å². The fraction of sp³-hybridized carbons (Fsp3) is 0.526. The van der Waals surface area contributed by atoms with Gasteiger partial charge in [-0.1, -0.05) is 43.1 Å². The van der Waals surface area contributed by atoms with Gasteiger partial charge in [0.2, 0.25) is 5.91 Å². The number of benzene rings is 1. The van der Waals surface area contributed by atoms with Gasteiger partial charge < -0.3 is 10.6 Å². The zero-order valence-electron chi connectivity index (χ0n) is 15.9. The molecule has 1 fully saturated rings. The van der Waals surface area contributed by atoms with Crippen molar-refractivity contribution in [3.63, 3.8) is 0 Å². The molecule has 2 unspecified atom stereocenters. The molecule has 1 aromatic carbocycles. The number of urea groups is 1. The molecule has 0 spiro atoms. The third-order valence-corrected chi connectivity index (χ3v) is 5.18. The molecule has 0 aromatic heterocycles. The molecule has 8 heteroatoms. The van der Waals surface area contributed by atoms with Gasteiger partial charge in [0, 0.05) is 21.7 Å². The van der Waals surface area contributed by atoms with E-state index in [4.69, 9.17) is 23.2 Å². The Morgan fingerprint density at radius 2 is 1.89 bits per heavy atom. The van der Waals surface area contributed by atoms with Crippen molar-refractivity contribution in [3.8, 4) is 0 Å². The van der Waals surface area contributed by atoms with E-state index < -0.39 is 17.5 Å². The van der Waals surface area contributed by atoms with Crippen LogP contribution < -0.4 is 10.6 Å². The molecule has 4 amide bonds. The maximum absolute atomic E-state index is 12.9. The number of halogens is 2.